The molecule has 2 atom stereocenters. The number of amides is 4. The van der Waals surface area contributed by atoms with Gasteiger partial charge in [-0.15, -0.1) is 0 Å². The molecule has 2 N–H and O–H groups in total. The molecule has 12 heteroatoms. The van der Waals surface area contributed by atoms with Crippen LogP contribution in [0.5, 0.6) is 0 Å². The van der Waals surface area contributed by atoms with Crippen LogP contribution in [0.4, 0.5) is 0 Å². The van der Waals surface area contributed by atoms with Crippen molar-refractivity contribution in [2.45, 2.75) is 25.9 Å². The van der Waals surface area contributed by atoms with Crippen LogP contribution >= 0.6 is 0 Å². The molecule has 4 rings (SSSR count). The first-order chi connectivity index (χ1) is 16.1. The van der Waals surface area contributed by atoms with E-state index in [9.17, 15) is 28.8 Å². The van der Waals surface area contributed by atoms with Crippen molar-refractivity contribution in [3.05, 3.63) is 24.3 Å². The normalized spacial score (nSPS) is 21.6. The quantitative estimate of drug-likeness (QED) is 0.356. The van der Waals surface area contributed by atoms with Crippen molar-refractivity contribution < 1.29 is 38.2 Å². The number of hydrogen-bond acceptors (Lipinski definition) is 10. The third kappa shape index (κ3) is 6.45. The van der Waals surface area contributed by atoms with E-state index in [1.807, 2.05) is 0 Å². The average Bonchev–Trinajstić information content (AvgIpc) is 2.73. The summed E-state index contributed by atoms with van der Waals surface area (Å²) in [6, 6.07) is 6.74. The Bertz CT molecular complexity index is 914. The first-order valence-electron chi connectivity index (χ1n) is 10.7. The second kappa shape index (κ2) is 11.0. The molecule has 0 bridgehead atoms. The van der Waals surface area contributed by atoms with Gasteiger partial charge < -0.3 is 9.47 Å². The maximum absolute atomic E-state index is 12.1. The number of piperazine rings is 2. The van der Waals surface area contributed by atoms with E-state index >= 15 is 0 Å². The molecule has 0 aromatic heterocycles. The van der Waals surface area contributed by atoms with Crippen LogP contribution in [0.15, 0.2) is 24.3 Å². The smallest absolute Gasteiger partial charge is 0.302 e. The molecule has 2 aliphatic heterocycles. The number of fused-ring (bicyclic) bond motifs is 1. The molecule has 182 valence electrons. The Morgan fingerprint density at radius 3 is 1.38 bits per heavy atom. The van der Waals surface area contributed by atoms with Gasteiger partial charge in [-0.1, -0.05) is 24.3 Å². The molecule has 0 spiro atoms. The van der Waals surface area contributed by atoms with E-state index in [1.165, 1.54) is 34.8 Å². The summed E-state index contributed by atoms with van der Waals surface area (Å²) in [6.07, 6.45) is 0. The molecule has 2 aliphatic carbocycles. The van der Waals surface area contributed by atoms with E-state index < -0.39 is 47.7 Å². The minimum atomic E-state index is -0.872. The second-order valence-electron chi connectivity index (χ2n) is 7.98. The van der Waals surface area contributed by atoms with Crippen LogP contribution in [0.25, 0.3) is 11.1 Å². The van der Waals surface area contributed by atoms with Gasteiger partial charge in [0.2, 0.25) is 23.6 Å². The zero-order valence-corrected chi connectivity index (χ0v) is 18.9. The fraction of sp³-hybridized carbons (Fsp3) is 0.455. The van der Waals surface area contributed by atoms with Gasteiger partial charge in [-0.05, 0) is 11.1 Å². The highest BCUT2D eigenvalue weighted by atomic mass is 16.5. The van der Waals surface area contributed by atoms with Crippen molar-refractivity contribution in [1.29, 1.82) is 0 Å². The highest BCUT2D eigenvalue weighted by Crippen LogP contribution is 2.29. The molecule has 4 amide bonds. The third-order valence-corrected chi connectivity index (χ3v) is 5.49. The Labute approximate surface area is 195 Å². The zero-order valence-electron chi connectivity index (χ0n) is 18.9. The summed E-state index contributed by atoms with van der Waals surface area (Å²) in [5.41, 5.74) is 2.85. The molecule has 2 heterocycles. The van der Waals surface area contributed by atoms with Gasteiger partial charge in [0.15, 0.2) is 0 Å². The molecule has 2 fully saturated rings. The minimum absolute atomic E-state index is 0.111. The summed E-state index contributed by atoms with van der Waals surface area (Å²) >= 11 is 0. The van der Waals surface area contributed by atoms with Gasteiger partial charge in [0.1, 0.15) is 25.3 Å². The lowest BCUT2D eigenvalue weighted by molar-refractivity contribution is -0.152. The molecule has 34 heavy (non-hydrogen) atoms. The topological polar surface area (TPSA) is 151 Å². The number of imide groups is 2. The van der Waals surface area contributed by atoms with E-state index in [4.69, 9.17) is 9.47 Å². The number of hydrogen-bond donors (Lipinski definition) is 2. The first-order valence-corrected chi connectivity index (χ1v) is 10.7. The summed E-state index contributed by atoms with van der Waals surface area (Å²) < 4.78 is 9.77. The molecular weight excluding hydrogens is 448 g/mol. The zero-order chi connectivity index (χ0) is 24.8. The number of nitrogens with one attached hydrogen (secondary N) is 2. The van der Waals surface area contributed by atoms with E-state index in [-0.39, 0.29) is 39.4 Å². The lowest BCUT2D eigenvalue weighted by Gasteiger charge is -2.37. The van der Waals surface area contributed by atoms with Crippen molar-refractivity contribution in [1.82, 2.24) is 20.4 Å². The van der Waals surface area contributed by atoms with Gasteiger partial charge in [0.25, 0.3) is 0 Å². The predicted octanol–water partition coefficient (Wildman–Crippen LogP) is -1.57. The van der Waals surface area contributed by atoms with Crippen molar-refractivity contribution >= 4 is 35.6 Å². The number of benzene rings is 1. The Morgan fingerprint density at radius 2 is 1.12 bits per heavy atom. The summed E-state index contributed by atoms with van der Waals surface area (Å²) in [7, 11) is 0. The minimum Gasteiger partial charge on any atom is -0.464 e. The highest BCUT2D eigenvalue weighted by molar-refractivity contribution is 6.02. The van der Waals surface area contributed by atoms with Crippen LogP contribution < -0.4 is 10.6 Å². The van der Waals surface area contributed by atoms with Crippen LogP contribution in [-0.2, 0) is 38.2 Å². The maximum Gasteiger partial charge on any atom is 0.302 e. The lowest BCUT2D eigenvalue weighted by atomic mass is 9.95. The SMILES string of the molecule is CC(=O)OCC1C(=O)NC(=O)CN1CCN1CC(=O)NC(=O)C1COC(C)=O.c1cc2ccc1-2. The van der Waals surface area contributed by atoms with Gasteiger partial charge >= 0.3 is 11.9 Å². The molecular formula is C22H26N4O8. The molecule has 0 aromatic rings. The van der Waals surface area contributed by atoms with E-state index in [1.54, 1.807) is 0 Å². The Hall–Kier alpha value is -3.64. The fourth-order valence-electron chi connectivity index (χ4n) is 3.59. The molecule has 0 radical (unpaired) electrons. The van der Waals surface area contributed by atoms with Crippen molar-refractivity contribution in [3.63, 3.8) is 0 Å². The van der Waals surface area contributed by atoms with Crippen LogP contribution in [0.1, 0.15) is 13.8 Å². The van der Waals surface area contributed by atoms with E-state index in [0.717, 1.165) is 0 Å². The fourth-order valence-corrected chi connectivity index (χ4v) is 3.59. The number of nitrogens with zero attached hydrogens (tertiary/aromatic N) is 2. The first kappa shape index (κ1) is 25.0. The van der Waals surface area contributed by atoms with E-state index in [0.29, 0.717) is 0 Å². The number of rotatable bonds is 7. The van der Waals surface area contributed by atoms with E-state index in [2.05, 4.69) is 34.9 Å². The van der Waals surface area contributed by atoms with Crippen LogP contribution in [0.2, 0.25) is 0 Å². The highest BCUT2D eigenvalue weighted by Gasteiger charge is 2.38. The Balaban J connectivity index is 0.000000457. The van der Waals surface area contributed by atoms with Gasteiger partial charge in [-0.25, -0.2) is 0 Å². The number of carbonyl (C=O) groups excluding carboxylic acids is 6. The molecule has 2 unspecified atom stereocenters. The largest absolute Gasteiger partial charge is 0.464 e. The lowest BCUT2D eigenvalue weighted by Crippen LogP contribution is -2.63. The summed E-state index contributed by atoms with van der Waals surface area (Å²) in [4.78, 5) is 72.6. The molecule has 0 saturated carbocycles. The predicted molar refractivity (Wildman–Crippen MR) is 116 cm³/mol. The van der Waals surface area contributed by atoms with Crippen LogP contribution in [-0.4, -0.2) is 96.8 Å². The summed E-state index contributed by atoms with van der Waals surface area (Å²) in [5.74, 6) is -3.34. The summed E-state index contributed by atoms with van der Waals surface area (Å²) in [5, 5.41) is 4.35. The number of ether oxygens (including phenoxy) is 2. The van der Waals surface area contributed by atoms with Crippen LogP contribution in [0.3, 0.4) is 0 Å². The van der Waals surface area contributed by atoms with Gasteiger partial charge in [0.05, 0.1) is 13.1 Å². The van der Waals surface area contributed by atoms with Crippen molar-refractivity contribution in [2.75, 3.05) is 39.4 Å². The average molecular weight is 474 g/mol. The maximum atomic E-state index is 12.1. The van der Waals surface area contributed by atoms with Crippen molar-refractivity contribution in [3.8, 4) is 11.1 Å². The Kier molecular flexibility index (Phi) is 8.08. The summed E-state index contributed by atoms with van der Waals surface area (Å²) in [6.45, 7) is 2.00. The van der Waals surface area contributed by atoms with Crippen molar-refractivity contribution in [2.24, 2.45) is 0 Å². The molecule has 0 aromatic carbocycles. The second-order valence-corrected chi connectivity index (χ2v) is 7.98. The van der Waals surface area contributed by atoms with Crippen LogP contribution in [0, 0.1) is 0 Å². The monoisotopic (exact) mass is 474 g/mol. The third-order valence-electron chi connectivity index (χ3n) is 5.49. The Morgan fingerprint density at radius 1 is 0.765 bits per heavy atom. The molecule has 12 nitrogen and oxygen atoms in total. The van der Waals surface area contributed by atoms with Gasteiger partial charge in [0, 0.05) is 26.9 Å². The standard InChI is InChI=1S/C16H22N4O8.C6H4/c1-9(21)27-7-11-15(25)17-13(23)5-19(11)3-4-20-6-14(24)18-16(26)12(20)8-28-10(2)22;1-2-6-4-3-5(1)6/h11-12H,3-8H2,1-2H3,(H,17,23,25)(H,18,24,26);1-4H. The molecule has 2 saturated heterocycles. The number of carbonyl (C=O) groups is 6. The van der Waals surface area contributed by atoms with Gasteiger partial charge in [-0.2, -0.15) is 0 Å². The molecule has 4 aliphatic rings. The number of esters is 2. The van der Waals surface area contributed by atoms with Gasteiger partial charge in [-0.3, -0.25) is 49.2 Å².